The molecular formula is C23H25F2N5O. The van der Waals surface area contributed by atoms with Crippen LogP contribution in [0.5, 0.6) is 0 Å². The van der Waals surface area contributed by atoms with E-state index in [0.29, 0.717) is 41.2 Å². The van der Waals surface area contributed by atoms with Gasteiger partial charge in [0, 0.05) is 42.5 Å². The standard InChI is InChI=1S/C23H25F2N5O/c1-15(2)30-13-16(12-27-30)22(31)28-20-18(17-6-4-5-7-19(17)24)8-10-26-21(20)29-11-9-23(3,25)14-29/h4-8,10,12-13,15H,9,11,14H2,1-3H3,(H,28,31). The van der Waals surface area contributed by atoms with Gasteiger partial charge in [-0.15, -0.1) is 0 Å². The zero-order valence-electron chi connectivity index (χ0n) is 17.8. The lowest BCUT2D eigenvalue weighted by molar-refractivity contribution is 0.102. The van der Waals surface area contributed by atoms with E-state index in [0.717, 1.165) is 0 Å². The predicted octanol–water partition coefficient (Wildman–Crippen LogP) is 4.86. The Labute approximate surface area is 179 Å². The lowest BCUT2D eigenvalue weighted by Crippen LogP contribution is -2.28. The number of anilines is 2. The summed E-state index contributed by atoms with van der Waals surface area (Å²) in [6.07, 6.45) is 5.06. The Morgan fingerprint density at radius 1 is 1.23 bits per heavy atom. The van der Waals surface area contributed by atoms with Gasteiger partial charge >= 0.3 is 0 Å². The third kappa shape index (κ3) is 4.28. The van der Waals surface area contributed by atoms with Crippen LogP contribution in [0, 0.1) is 5.82 Å². The van der Waals surface area contributed by atoms with E-state index in [9.17, 15) is 13.6 Å². The Balaban J connectivity index is 1.77. The number of rotatable bonds is 5. The van der Waals surface area contributed by atoms with Crippen molar-refractivity contribution in [3.63, 3.8) is 0 Å². The number of alkyl halides is 1. The second kappa shape index (κ2) is 8.09. The van der Waals surface area contributed by atoms with E-state index in [1.54, 1.807) is 53.2 Å². The van der Waals surface area contributed by atoms with Gasteiger partial charge in [0.2, 0.25) is 0 Å². The number of amides is 1. The highest BCUT2D eigenvalue weighted by Gasteiger charge is 2.36. The van der Waals surface area contributed by atoms with Gasteiger partial charge in [-0.1, -0.05) is 18.2 Å². The smallest absolute Gasteiger partial charge is 0.258 e. The molecule has 1 aliphatic heterocycles. The lowest BCUT2D eigenvalue weighted by Gasteiger charge is -2.23. The zero-order valence-corrected chi connectivity index (χ0v) is 17.8. The van der Waals surface area contributed by atoms with E-state index >= 15 is 0 Å². The predicted molar refractivity (Wildman–Crippen MR) is 117 cm³/mol. The molecule has 4 rings (SSSR count). The molecule has 8 heteroatoms. The first-order valence-electron chi connectivity index (χ1n) is 10.3. The van der Waals surface area contributed by atoms with Gasteiger partial charge in [-0.2, -0.15) is 5.10 Å². The van der Waals surface area contributed by atoms with Crippen LogP contribution in [-0.4, -0.2) is 39.4 Å². The SMILES string of the molecule is CC(C)n1cc(C(=O)Nc2c(-c3ccccc3F)ccnc2N2CCC(C)(F)C2)cn1. The summed E-state index contributed by atoms with van der Waals surface area (Å²) in [6.45, 7) is 6.08. The van der Waals surface area contributed by atoms with Crippen LogP contribution in [0.25, 0.3) is 11.1 Å². The quantitative estimate of drug-likeness (QED) is 0.634. The molecule has 3 aromatic rings. The van der Waals surface area contributed by atoms with Crippen LogP contribution in [0.1, 0.15) is 43.6 Å². The van der Waals surface area contributed by atoms with Crippen LogP contribution in [0.2, 0.25) is 0 Å². The number of hydrogen-bond donors (Lipinski definition) is 1. The van der Waals surface area contributed by atoms with Crippen LogP contribution < -0.4 is 10.2 Å². The summed E-state index contributed by atoms with van der Waals surface area (Å²) in [5, 5.41) is 7.10. The van der Waals surface area contributed by atoms with Crippen molar-refractivity contribution in [3.8, 4) is 11.1 Å². The van der Waals surface area contributed by atoms with Crippen molar-refractivity contribution in [1.82, 2.24) is 14.8 Å². The largest absolute Gasteiger partial charge is 0.352 e. The summed E-state index contributed by atoms with van der Waals surface area (Å²) in [5.74, 6) is -0.382. The number of nitrogens with zero attached hydrogens (tertiary/aromatic N) is 4. The van der Waals surface area contributed by atoms with E-state index in [1.807, 2.05) is 13.8 Å². The molecule has 1 amide bonds. The van der Waals surface area contributed by atoms with Crippen molar-refractivity contribution in [2.45, 2.75) is 38.9 Å². The van der Waals surface area contributed by atoms with Crippen molar-refractivity contribution >= 4 is 17.4 Å². The Kier molecular flexibility index (Phi) is 5.47. The Morgan fingerprint density at radius 3 is 2.65 bits per heavy atom. The minimum Gasteiger partial charge on any atom is -0.352 e. The number of aromatic nitrogens is 3. The summed E-state index contributed by atoms with van der Waals surface area (Å²) >= 11 is 0. The van der Waals surface area contributed by atoms with Gasteiger partial charge in [0.15, 0.2) is 5.82 Å². The van der Waals surface area contributed by atoms with Gasteiger partial charge in [0.1, 0.15) is 11.5 Å². The van der Waals surface area contributed by atoms with Gasteiger partial charge < -0.3 is 10.2 Å². The van der Waals surface area contributed by atoms with Gasteiger partial charge in [0.25, 0.3) is 5.91 Å². The van der Waals surface area contributed by atoms with Crippen molar-refractivity contribution in [1.29, 1.82) is 0 Å². The maximum atomic E-state index is 14.6. The average molecular weight is 425 g/mol. The number of nitrogens with one attached hydrogen (secondary N) is 1. The van der Waals surface area contributed by atoms with Crippen molar-refractivity contribution < 1.29 is 13.6 Å². The Morgan fingerprint density at radius 2 is 2.00 bits per heavy atom. The molecule has 162 valence electrons. The van der Waals surface area contributed by atoms with Gasteiger partial charge in [0.05, 0.1) is 24.0 Å². The first kappa shape index (κ1) is 21.0. The molecule has 1 saturated heterocycles. The molecule has 0 bridgehead atoms. The number of pyridine rings is 1. The van der Waals surface area contributed by atoms with E-state index in [1.165, 1.54) is 12.3 Å². The molecule has 0 saturated carbocycles. The second-order valence-electron chi connectivity index (χ2n) is 8.38. The number of carbonyl (C=O) groups excluding carboxylic acids is 1. The van der Waals surface area contributed by atoms with Crippen LogP contribution in [0.4, 0.5) is 20.3 Å². The normalized spacial score (nSPS) is 18.6. The van der Waals surface area contributed by atoms with Gasteiger partial charge in [-0.25, -0.2) is 13.8 Å². The summed E-state index contributed by atoms with van der Waals surface area (Å²) in [4.78, 5) is 19.2. The summed E-state index contributed by atoms with van der Waals surface area (Å²) in [5.41, 5.74) is 0.198. The maximum absolute atomic E-state index is 14.6. The molecule has 1 unspecified atom stereocenters. The Hall–Kier alpha value is -3.29. The van der Waals surface area contributed by atoms with Gasteiger partial charge in [-0.05, 0) is 32.9 Å². The molecule has 2 aromatic heterocycles. The topological polar surface area (TPSA) is 63.1 Å². The van der Waals surface area contributed by atoms with Crippen LogP contribution >= 0.6 is 0 Å². The first-order valence-corrected chi connectivity index (χ1v) is 10.3. The highest BCUT2D eigenvalue weighted by molar-refractivity contribution is 6.08. The monoisotopic (exact) mass is 425 g/mol. The average Bonchev–Trinajstić information content (AvgIpc) is 3.35. The lowest BCUT2D eigenvalue weighted by atomic mass is 10.0. The van der Waals surface area contributed by atoms with E-state index < -0.39 is 11.5 Å². The molecule has 1 aromatic carbocycles. The number of carbonyl (C=O) groups is 1. The maximum Gasteiger partial charge on any atom is 0.258 e. The third-order valence-corrected chi connectivity index (χ3v) is 5.45. The second-order valence-corrected chi connectivity index (χ2v) is 8.38. The Bertz CT molecular complexity index is 1110. The number of benzene rings is 1. The molecule has 0 radical (unpaired) electrons. The number of hydrogen-bond acceptors (Lipinski definition) is 4. The fraction of sp³-hybridized carbons (Fsp3) is 0.348. The van der Waals surface area contributed by atoms with E-state index in [4.69, 9.17) is 0 Å². The highest BCUT2D eigenvalue weighted by atomic mass is 19.1. The molecule has 6 nitrogen and oxygen atoms in total. The molecule has 31 heavy (non-hydrogen) atoms. The van der Waals surface area contributed by atoms with Crippen molar-refractivity contribution in [2.24, 2.45) is 0 Å². The number of halogens is 2. The molecule has 0 aliphatic carbocycles. The summed E-state index contributed by atoms with van der Waals surface area (Å²) in [6, 6.07) is 8.10. The van der Waals surface area contributed by atoms with Gasteiger partial charge in [-0.3, -0.25) is 9.48 Å². The minimum absolute atomic E-state index is 0.108. The fourth-order valence-corrected chi connectivity index (χ4v) is 3.75. The molecular weight excluding hydrogens is 400 g/mol. The molecule has 1 fully saturated rings. The van der Waals surface area contributed by atoms with E-state index in [2.05, 4.69) is 15.4 Å². The van der Waals surface area contributed by atoms with Crippen molar-refractivity contribution in [2.75, 3.05) is 23.3 Å². The summed E-state index contributed by atoms with van der Waals surface area (Å²) in [7, 11) is 0. The fourth-order valence-electron chi connectivity index (χ4n) is 3.75. The third-order valence-electron chi connectivity index (χ3n) is 5.45. The van der Waals surface area contributed by atoms with Crippen LogP contribution in [0.3, 0.4) is 0 Å². The molecule has 0 spiro atoms. The van der Waals surface area contributed by atoms with Crippen LogP contribution in [0.15, 0.2) is 48.9 Å². The summed E-state index contributed by atoms with van der Waals surface area (Å²) < 4.78 is 30.9. The molecule has 1 N–H and O–H groups in total. The van der Waals surface area contributed by atoms with E-state index in [-0.39, 0.29) is 18.5 Å². The molecule has 1 aliphatic rings. The highest BCUT2D eigenvalue weighted by Crippen LogP contribution is 2.39. The van der Waals surface area contributed by atoms with Crippen LogP contribution in [-0.2, 0) is 0 Å². The minimum atomic E-state index is -1.35. The first-order chi connectivity index (χ1) is 14.7. The zero-order chi connectivity index (χ0) is 22.2. The molecule has 1 atom stereocenters. The van der Waals surface area contributed by atoms with Crippen molar-refractivity contribution in [3.05, 3.63) is 60.3 Å². The molecule has 3 heterocycles.